The van der Waals surface area contributed by atoms with Crippen LogP contribution in [0.4, 0.5) is 0 Å². The van der Waals surface area contributed by atoms with Crippen LogP contribution in [-0.2, 0) is 9.59 Å². The van der Waals surface area contributed by atoms with Crippen LogP contribution < -0.4 is 9.47 Å². The number of carboxylic acid groups (broad SMARTS) is 1. The van der Waals surface area contributed by atoms with Gasteiger partial charge in [-0.05, 0) is 63.3 Å². The van der Waals surface area contributed by atoms with E-state index in [4.69, 9.17) is 26.8 Å². The van der Waals surface area contributed by atoms with E-state index in [1.165, 1.54) is 43.9 Å². The highest BCUT2D eigenvalue weighted by molar-refractivity contribution is 8.26. The number of hydrogen-bond donors (Lipinski definition) is 1. The normalized spacial score (nSPS) is 15.2. The summed E-state index contributed by atoms with van der Waals surface area (Å²) in [5.74, 6) is 0.708. The lowest BCUT2D eigenvalue weighted by molar-refractivity contribution is -0.137. The molecule has 1 aliphatic heterocycles. The van der Waals surface area contributed by atoms with Gasteiger partial charge >= 0.3 is 5.97 Å². The van der Waals surface area contributed by atoms with Crippen molar-refractivity contribution in [3.63, 3.8) is 0 Å². The minimum absolute atomic E-state index is 0.0246. The number of thioether (sulfide) groups is 1. The number of benzene rings is 1. The van der Waals surface area contributed by atoms with E-state index in [-0.39, 0.29) is 18.4 Å². The monoisotopic (exact) mass is 591 g/mol. The van der Waals surface area contributed by atoms with Crippen LogP contribution in [0.15, 0.2) is 23.1 Å². The Morgan fingerprint density at radius 2 is 1.62 bits per heavy atom. The third kappa shape index (κ3) is 13.1. The lowest BCUT2D eigenvalue weighted by atomic mass is 10.1. The van der Waals surface area contributed by atoms with E-state index in [1.54, 1.807) is 4.90 Å². The molecule has 1 aromatic carbocycles. The smallest absolute Gasteiger partial charge is 0.303 e. The van der Waals surface area contributed by atoms with E-state index >= 15 is 0 Å². The fourth-order valence-electron chi connectivity index (χ4n) is 4.74. The van der Waals surface area contributed by atoms with Crippen LogP contribution in [-0.4, -0.2) is 45.5 Å². The minimum Gasteiger partial charge on any atom is -0.490 e. The molecule has 40 heavy (non-hydrogen) atoms. The first-order valence-corrected chi connectivity index (χ1v) is 16.5. The van der Waals surface area contributed by atoms with Gasteiger partial charge in [0.25, 0.3) is 5.91 Å². The third-order valence-electron chi connectivity index (χ3n) is 7.00. The Morgan fingerprint density at radius 3 is 2.30 bits per heavy atom. The fraction of sp³-hybridized carbons (Fsp3) is 0.656. The summed E-state index contributed by atoms with van der Waals surface area (Å²) < 4.78 is 12.7. The number of carboxylic acids is 1. The topological polar surface area (TPSA) is 76.1 Å². The van der Waals surface area contributed by atoms with Gasteiger partial charge in [-0.1, -0.05) is 101 Å². The Balaban J connectivity index is 1.82. The molecule has 8 heteroatoms. The Hall–Kier alpha value is -2.06. The van der Waals surface area contributed by atoms with Crippen LogP contribution in [0.5, 0.6) is 11.5 Å². The number of unbranched alkanes of at least 4 members (excludes halogenated alkanes) is 11. The molecular formula is C32H49NO5S2. The molecule has 1 fully saturated rings. The average molecular weight is 592 g/mol. The zero-order chi connectivity index (χ0) is 29.2. The van der Waals surface area contributed by atoms with Gasteiger partial charge in [-0.3, -0.25) is 14.5 Å². The number of nitrogens with zero attached hydrogens (tertiary/aromatic N) is 1. The van der Waals surface area contributed by atoms with Gasteiger partial charge < -0.3 is 14.6 Å². The van der Waals surface area contributed by atoms with Gasteiger partial charge in [0.15, 0.2) is 11.5 Å². The number of carbonyl (C=O) groups excluding carboxylic acids is 1. The molecule has 1 aromatic rings. The molecule has 2 rings (SSSR count). The van der Waals surface area contributed by atoms with Crippen molar-refractivity contribution in [1.29, 1.82) is 0 Å². The van der Waals surface area contributed by atoms with E-state index in [0.29, 0.717) is 28.1 Å². The zero-order valence-corrected chi connectivity index (χ0v) is 26.4. The van der Waals surface area contributed by atoms with Crippen molar-refractivity contribution >= 4 is 46.3 Å². The van der Waals surface area contributed by atoms with Gasteiger partial charge in [-0.2, -0.15) is 0 Å². The van der Waals surface area contributed by atoms with E-state index in [2.05, 4.69) is 13.8 Å². The maximum Gasteiger partial charge on any atom is 0.303 e. The molecule has 0 saturated carbocycles. The van der Waals surface area contributed by atoms with Crippen molar-refractivity contribution in [2.75, 3.05) is 13.2 Å². The molecule has 1 amide bonds. The molecule has 1 atom stereocenters. The highest BCUT2D eigenvalue weighted by Crippen LogP contribution is 2.35. The number of carbonyl (C=O) groups is 2. The highest BCUT2D eigenvalue weighted by atomic mass is 32.2. The molecule has 0 unspecified atom stereocenters. The SMILES string of the molecule is CCCCCCC[C@H](C)Oc1ccc(/C=C2/SC(=S)N(CCCCCCCCCCC(=O)O)C2=O)cc1OCC. The van der Waals surface area contributed by atoms with Crippen LogP contribution >= 0.6 is 24.0 Å². The summed E-state index contributed by atoms with van der Waals surface area (Å²) in [5.41, 5.74) is 0.895. The number of aliphatic carboxylic acids is 1. The maximum absolute atomic E-state index is 13.1. The molecule has 0 aromatic heterocycles. The van der Waals surface area contributed by atoms with Crippen LogP contribution in [0.25, 0.3) is 6.08 Å². The number of rotatable bonds is 22. The molecule has 1 heterocycles. The summed E-state index contributed by atoms with van der Waals surface area (Å²) in [6.07, 6.45) is 17.8. The van der Waals surface area contributed by atoms with E-state index in [1.807, 2.05) is 31.2 Å². The van der Waals surface area contributed by atoms with E-state index in [9.17, 15) is 9.59 Å². The second-order valence-electron chi connectivity index (χ2n) is 10.6. The quantitative estimate of drug-likeness (QED) is 0.0819. The van der Waals surface area contributed by atoms with E-state index in [0.717, 1.165) is 69.1 Å². The van der Waals surface area contributed by atoms with Crippen molar-refractivity contribution in [3.8, 4) is 11.5 Å². The Bertz CT molecular complexity index is 965. The van der Waals surface area contributed by atoms with Gasteiger partial charge in [0.05, 0.1) is 17.6 Å². The number of amides is 1. The molecule has 1 N–H and O–H groups in total. The summed E-state index contributed by atoms with van der Waals surface area (Å²) in [6, 6.07) is 5.86. The summed E-state index contributed by atoms with van der Waals surface area (Å²) in [7, 11) is 0. The first kappa shape index (κ1) is 34.1. The molecule has 0 bridgehead atoms. The number of thiocarbonyl (C=S) groups is 1. The lowest BCUT2D eigenvalue weighted by Gasteiger charge is -2.18. The van der Waals surface area contributed by atoms with Gasteiger partial charge in [-0.25, -0.2) is 0 Å². The first-order valence-electron chi connectivity index (χ1n) is 15.3. The second-order valence-corrected chi connectivity index (χ2v) is 12.3. The predicted molar refractivity (Wildman–Crippen MR) is 170 cm³/mol. The second kappa shape index (κ2) is 19.9. The van der Waals surface area contributed by atoms with Gasteiger partial charge in [0, 0.05) is 13.0 Å². The lowest BCUT2D eigenvalue weighted by Crippen LogP contribution is -2.29. The van der Waals surface area contributed by atoms with Crippen LogP contribution in [0, 0.1) is 0 Å². The molecule has 0 radical (unpaired) electrons. The first-order chi connectivity index (χ1) is 19.3. The standard InChI is InChI=1S/C32H49NO5S2/c1-4-6-7-12-15-18-25(3)38-27-21-20-26(23-28(27)37-5-2)24-29-31(36)33(32(39)40-29)22-17-14-11-9-8-10-13-16-19-30(34)35/h20-21,23-25H,4-19,22H2,1-3H3,(H,34,35)/b29-24+/t25-/m0/s1. The molecule has 1 aliphatic rings. The summed E-state index contributed by atoms with van der Waals surface area (Å²) in [4.78, 5) is 26.0. The van der Waals surface area contributed by atoms with Crippen molar-refractivity contribution in [1.82, 2.24) is 4.90 Å². The van der Waals surface area contributed by atoms with Crippen LogP contribution in [0.2, 0.25) is 0 Å². The van der Waals surface area contributed by atoms with Crippen LogP contribution in [0.1, 0.15) is 123 Å². The predicted octanol–water partition coefficient (Wildman–Crippen LogP) is 9.01. The van der Waals surface area contributed by atoms with Gasteiger partial charge in [0.1, 0.15) is 4.32 Å². The number of ether oxygens (including phenoxy) is 2. The third-order valence-corrected chi connectivity index (χ3v) is 8.38. The molecule has 224 valence electrons. The summed E-state index contributed by atoms with van der Waals surface area (Å²) in [6.45, 7) is 7.49. The largest absolute Gasteiger partial charge is 0.490 e. The van der Waals surface area contributed by atoms with Crippen LogP contribution in [0.3, 0.4) is 0 Å². The highest BCUT2D eigenvalue weighted by Gasteiger charge is 2.31. The Labute approximate surface area is 251 Å². The molecule has 0 aliphatic carbocycles. The van der Waals surface area contributed by atoms with Crippen molar-refractivity contribution in [2.24, 2.45) is 0 Å². The van der Waals surface area contributed by atoms with Crippen molar-refractivity contribution in [2.45, 2.75) is 123 Å². The molecule has 1 saturated heterocycles. The molecule has 0 spiro atoms. The zero-order valence-electron chi connectivity index (χ0n) is 24.8. The minimum atomic E-state index is -0.711. The van der Waals surface area contributed by atoms with Crippen molar-refractivity contribution in [3.05, 3.63) is 28.7 Å². The molecule has 6 nitrogen and oxygen atoms in total. The average Bonchev–Trinajstić information content (AvgIpc) is 3.18. The summed E-state index contributed by atoms with van der Waals surface area (Å²) >= 11 is 6.89. The molecular weight excluding hydrogens is 542 g/mol. The van der Waals surface area contributed by atoms with Gasteiger partial charge in [-0.15, -0.1) is 0 Å². The fourth-order valence-corrected chi connectivity index (χ4v) is 6.05. The number of hydrogen-bond acceptors (Lipinski definition) is 6. The maximum atomic E-state index is 13.1. The van der Waals surface area contributed by atoms with E-state index < -0.39 is 5.97 Å². The Kier molecular flexibility index (Phi) is 17.0. The summed E-state index contributed by atoms with van der Waals surface area (Å²) in [5, 5.41) is 8.68. The van der Waals surface area contributed by atoms with Crippen molar-refractivity contribution < 1.29 is 24.2 Å². The Morgan fingerprint density at radius 1 is 0.975 bits per heavy atom. The van der Waals surface area contributed by atoms with Gasteiger partial charge in [0.2, 0.25) is 0 Å².